The molecule has 4 rings (SSSR count). The highest BCUT2D eigenvalue weighted by Crippen LogP contribution is 2.34. The van der Waals surface area contributed by atoms with Crippen molar-refractivity contribution in [1.29, 1.82) is 0 Å². The molecule has 1 amide bonds. The maximum absolute atomic E-state index is 12.5. The van der Waals surface area contributed by atoms with Crippen LogP contribution in [0.5, 0.6) is 0 Å². The van der Waals surface area contributed by atoms with Gasteiger partial charge in [-0.1, -0.05) is 69.5 Å². The van der Waals surface area contributed by atoms with Gasteiger partial charge in [0.2, 0.25) is 0 Å². The van der Waals surface area contributed by atoms with E-state index in [1.54, 1.807) is 18.2 Å². The van der Waals surface area contributed by atoms with Crippen LogP contribution in [-0.4, -0.2) is 27.1 Å². The number of nitrogens with zero attached hydrogens (tertiary/aromatic N) is 2. The number of hydrogen-bond donors (Lipinski definition) is 1. The zero-order valence-electron chi connectivity index (χ0n) is 16.7. The van der Waals surface area contributed by atoms with Gasteiger partial charge < -0.3 is 10.0 Å². The van der Waals surface area contributed by atoms with Crippen LogP contribution in [0, 0.1) is 17.0 Å². The Kier molecular flexibility index (Phi) is 7.43. The number of non-ortho nitro benzene ring substituents is 1. The quantitative estimate of drug-likeness (QED) is 0.447. The number of aliphatic hydroxyl groups is 1. The van der Waals surface area contributed by atoms with Gasteiger partial charge in [-0.05, 0) is 37.1 Å². The van der Waals surface area contributed by atoms with Crippen LogP contribution in [0.25, 0.3) is 0 Å². The molecule has 160 valence electrons. The van der Waals surface area contributed by atoms with Crippen molar-refractivity contribution in [2.75, 3.05) is 0 Å². The van der Waals surface area contributed by atoms with E-state index in [0.717, 1.165) is 15.1 Å². The number of amides is 1. The average Bonchev–Trinajstić information content (AvgIpc) is 2.88. The average molecular weight is 504 g/mol. The highest BCUT2D eigenvalue weighted by molar-refractivity contribution is 9.11. The van der Waals surface area contributed by atoms with Gasteiger partial charge >= 0.3 is 0 Å². The lowest BCUT2D eigenvalue weighted by atomic mass is 10.1. The molecule has 0 spiro atoms. The van der Waals surface area contributed by atoms with Crippen LogP contribution >= 0.6 is 27.5 Å². The lowest BCUT2D eigenvalue weighted by Crippen LogP contribution is -2.32. The van der Waals surface area contributed by atoms with Gasteiger partial charge in [-0.25, -0.2) is 0 Å². The number of rotatable bonds is 3. The van der Waals surface area contributed by atoms with Crippen molar-refractivity contribution in [3.8, 4) is 0 Å². The van der Waals surface area contributed by atoms with Crippen molar-refractivity contribution in [2.45, 2.75) is 26.1 Å². The summed E-state index contributed by atoms with van der Waals surface area (Å²) in [6.07, 6.45) is 5.08. The molecule has 1 aliphatic carbocycles. The fraction of sp³-hybridized carbons (Fsp3) is 0.174. The standard InChI is InChI=1S/C16H13BrN2O4.C7H7Cl/c17-11-2-1-3-13-14(8-11)16(21)18(15(13)20)9-10-4-6-12(7-5-10)19(22)23;1-6-2-4-7(8)5-3-6/h2-8,15,20H,1,9H2;2-5H,1H3. The normalized spacial score (nSPS) is 17.5. The maximum atomic E-state index is 12.5. The van der Waals surface area contributed by atoms with Gasteiger partial charge in [0.05, 0.1) is 4.92 Å². The lowest BCUT2D eigenvalue weighted by molar-refractivity contribution is -0.384. The molecule has 1 unspecified atom stereocenters. The summed E-state index contributed by atoms with van der Waals surface area (Å²) in [7, 11) is 0. The number of likely N-dealkylation sites (tertiary alicyclic amines) is 1. The molecule has 0 saturated carbocycles. The maximum Gasteiger partial charge on any atom is 0.269 e. The smallest absolute Gasteiger partial charge is 0.269 e. The van der Waals surface area contributed by atoms with Gasteiger partial charge in [0.25, 0.3) is 11.6 Å². The molecule has 1 N–H and O–H groups in total. The van der Waals surface area contributed by atoms with Crippen molar-refractivity contribution < 1.29 is 14.8 Å². The van der Waals surface area contributed by atoms with Crippen molar-refractivity contribution in [3.63, 3.8) is 0 Å². The Bertz CT molecular complexity index is 1050. The van der Waals surface area contributed by atoms with E-state index >= 15 is 0 Å². The second-order valence-corrected chi connectivity index (χ2v) is 8.42. The third-order valence-corrected chi connectivity index (χ3v) is 5.62. The summed E-state index contributed by atoms with van der Waals surface area (Å²) >= 11 is 8.98. The Labute approximate surface area is 193 Å². The number of aryl methyl sites for hydroxylation is 1. The number of carbonyl (C=O) groups is 1. The number of allylic oxidation sites excluding steroid dienone is 4. The fourth-order valence-electron chi connectivity index (χ4n) is 3.16. The first-order chi connectivity index (χ1) is 14.8. The molecule has 2 aliphatic rings. The molecule has 0 radical (unpaired) electrons. The van der Waals surface area contributed by atoms with Crippen LogP contribution in [-0.2, 0) is 11.3 Å². The summed E-state index contributed by atoms with van der Waals surface area (Å²) in [5, 5.41) is 21.9. The van der Waals surface area contributed by atoms with E-state index in [1.165, 1.54) is 22.6 Å². The Hall–Kier alpha value is -2.74. The van der Waals surface area contributed by atoms with Crippen LogP contribution in [0.15, 0.2) is 82.4 Å². The Balaban J connectivity index is 0.000000287. The topological polar surface area (TPSA) is 83.7 Å². The van der Waals surface area contributed by atoms with Gasteiger partial charge in [-0.3, -0.25) is 14.9 Å². The first-order valence-corrected chi connectivity index (χ1v) is 10.7. The minimum Gasteiger partial charge on any atom is -0.369 e. The summed E-state index contributed by atoms with van der Waals surface area (Å²) in [6, 6.07) is 13.7. The number of benzene rings is 2. The lowest BCUT2D eigenvalue weighted by Gasteiger charge is -2.20. The summed E-state index contributed by atoms with van der Waals surface area (Å²) in [6.45, 7) is 2.23. The Morgan fingerprint density at radius 2 is 1.81 bits per heavy atom. The Morgan fingerprint density at radius 3 is 2.39 bits per heavy atom. The highest BCUT2D eigenvalue weighted by atomic mass is 79.9. The highest BCUT2D eigenvalue weighted by Gasteiger charge is 2.38. The van der Waals surface area contributed by atoms with E-state index in [9.17, 15) is 20.0 Å². The third-order valence-electron chi connectivity index (χ3n) is 4.82. The van der Waals surface area contributed by atoms with Crippen LogP contribution in [0.1, 0.15) is 17.5 Å². The molecule has 0 aromatic heterocycles. The molecule has 6 nitrogen and oxygen atoms in total. The molecular weight excluding hydrogens is 484 g/mol. The molecule has 0 bridgehead atoms. The van der Waals surface area contributed by atoms with Gasteiger partial charge in [0.1, 0.15) is 0 Å². The zero-order chi connectivity index (χ0) is 22.5. The summed E-state index contributed by atoms with van der Waals surface area (Å²) in [5.74, 6) is -0.255. The second kappa shape index (κ2) is 10.0. The monoisotopic (exact) mass is 502 g/mol. The summed E-state index contributed by atoms with van der Waals surface area (Å²) in [5.41, 5.74) is 3.03. The second-order valence-electron chi connectivity index (χ2n) is 7.07. The molecule has 2 aromatic carbocycles. The molecular formula is C23H20BrClN2O4. The molecule has 1 saturated heterocycles. The van der Waals surface area contributed by atoms with E-state index in [0.29, 0.717) is 17.6 Å². The SMILES string of the molecule is Cc1ccc(Cl)cc1.O=C1C2=CC(Br)=CCC=C2C(O)N1Cc1ccc([N+](=O)[O-])cc1. The van der Waals surface area contributed by atoms with Crippen molar-refractivity contribution in [2.24, 2.45) is 0 Å². The molecule has 1 fully saturated rings. The minimum absolute atomic E-state index is 0.00770. The minimum atomic E-state index is -1.00. The number of nitro groups is 1. The number of hydrogen-bond acceptors (Lipinski definition) is 4. The predicted octanol–water partition coefficient (Wildman–Crippen LogP) is 5.44. The van der Waals surface area contributed by atoms with Crippen LogP contribution in [0.3, 0.4) is 0 Å². The van der Waals surface area contributed by atoms with Crippen molar-refractivity contribution in [3.05, 3.63) is 109 Å². The zero-order valence-corrected chi connectivity index (χ0v) is 19.0. The van der Waals surface area contributed by atoms with Gasteiger partial charge in [0.15, 0.2) is 6.23 Å². The molecule has 8 heteroatoms. The van der Waals surface area contributed by atoms with Crippen molar-refractivity contribution in [1.82, 2.24) is 4.90 Å². The first kappa shape index (κ1) is 22.9. The van der Waals surface area contributed by atoms with Gasteiger partial charge in [0, 0.05) is 39.3 Å². The molecule has 1 aliphatic heterocycles. The number of nitro benzene ring substituents is 1. The number of aliphatic hydroxyl groups excluding tert-OH is 1. The van der Waals surface area contributed by atoms with Gasteiger partial charge in [-0.2, -0.15) is 0 Å². The molecule has 1 atom stereocenters. The van der Waals surface area contributed by atoms with E-state index in [4.69, 9.17) is 11.6 Å². The number of carbonyl (C=O) groups excluding carboxylic acids is 1. The van der Waals surface area contributed by atoms with E-state index in [2.05, 4.69) is 15.9 Å². The van der Waals surface area contributed by atoms with E-state index in [-0.39, 0.29) is 18.1 Å². The largest absolute Gasteiger partial charge is 0.369 e. The van der Waals surface area contributed by atoms with Crippen molar-refractivity contribution >= 4 is 39.1 Å². The number of halogens is 2. The molecule has 2 aromatic rings. The van der Waals surface area contributed by atoms with E-state index < -0.39 is 11.2 Å². The van der Waals surface area contributed by atoms with E-state index in [1.807, 2.05) is 43.3 Å². The molecule has 31 heavy (non-hydrogen) atoms. The van der Waals surface area contributed by atoms with Gasteiger partial charge in [-0.15, -0.1) is 0 Å². The summed E-state index contributed by atoms with van der Waals surface area (Å²) in [4.78, 5) is 24.1. The third kappa shape index (κ3) is 5.70. The van der Waals surface area contributed by atoms with Crippen LogP contribution < -0.4 is 0 Å². The van der Waals surface area contributed by atoms with Crippen LogP contribution in [0.2, 0.25) is 5.02 Å². The first-order valence-electron chi connectivity index (χ1n) is 9.48. The Morgan fingerprint density at radius 1 is 1.16 bits per heavy atom. The molecule has 1 heterocycles. The summed E-state index contributed by atoms with van der Waals surface area (Å²) < 4.78 is 0.802. The predicted molar refractivity (Wildman–Crippen MR) is 124 cm³/mol. The fourth-order valence-corrected chi connectivity index (χ4v) is 3.71. The van der Waals surface area contributed by atoms with Crippen LogP contribution in [0.4, 0.5) is 5.69 Å². The number of fused-ring (bicyclic) bond motifs is 1.